The lowest BCUT2D eigenvalue weighted by Crippen LogP contribution is -2.29. The smallest absolute Gasteiger partial charge is 0.387 e. The molecular weight excluding hydrogens is 681 g/mol. The van der Waals surface area contributed by atoms with Crippen LogP contribution in [-0.4, -0.2) is 56.1 Å². The normalized spacial score (nSPS) is 15.0. The quantitative estimate of drug-likeness (QED) is 0.0468. The van der Waals surface area contributed by atoms with Gasteiger partial charge in [0.15, 0.2) is 11.6 Å². The van der Waals surface area contributed by atoms with Crippen LogP contribution >= 0.6 is 20.8 Å². The highest BCUT2D eigenvalue weighted by molar-refractivity contribution is 7.16. The van der Waals surface area contributed by atoms with Crippen molar-refractivity contribution in [1.82, 2.24) is 10.3 Å². The molecule has 8 nitrogen and oxygen atoms in total. The summed E-state index contributed by atoms with van der Waals surface area (Å²) >= 11 is 6.20. The highest BCUT2D eigenvalue weighted by Gasteiger charge is 2.30. The zero-order valence-electron chi connectivity index (χ0n) is 27.9. The van der Waals surface area contributed by atoms with Crippen LogP contribution in [0.15, 0.2) is 35.3 Å². The topological polar surface area (TPSA) is 125 Å². The molecule has 0 spiro atoms. The van der Waals surface area contributed by atoms with Crippen molar-refractivity contribution < 1.29 is 31.8 Å². The third-order valence-electron chi connectivity index (χ3n) is 7.39. The maximum absolute atomic E-state index is 14.4. The molecule has 2 aromatic carbocycles. The van der Waals surface area contributed by atoms with Gasteiger partial charge in [-0.15, -0.1) is 22.1 Å². The zero-order chi connectivity index (χ0) is 36.8. The molecule has 1 aromatic heterocycles. The molecular formula is C35H43ClF4N5O3P. The van der Waals surface area contributed by atoms with E-state index in [1.54, 1.807) is 0 Å². The molecule has 2 heterocycles. The number of aromatic nitrogens is 1. The number of terminal acetylenes is 1. The fourth-order valence-electron chi connectivity index (χ4n) is 4.85. The Morgan fingerprint density at radius 3 is 2.51 bits per heavy atom. The lowest BCUT2D eigenvalue weighted by Gasteiger charge is -2.20. The summed E-state index contributed by atoms with van der Waals surface area (Å²) in [6.07, 6.45) is 12.6. The largest absolute Gasteiger partial charge is 0.490 e. The van der Waals surface area contributed by atoms with Gasteiger partial charge >= 0.3 is 6.61 Å². The molecule has 5 N–H and O–H groups in total. The van der Waals surface area contributed by atoms with Crippen molar-refractivity contribution in [2.24, 2.45) is 10.7 Å². The van der Waals surface area contributed by atoms with Crippen LogP contribution in [0.3, 0.4) is 0 Å². The van der Waals surface area contributed by atoms with Crippen molar-refractivity contribution in [3.8, 4) is 35.6 Å². The van der Waals surface area contributed by atoms with Gasteiger partial charge in [-0.2, -0.15) is 8.78 Å². The van der Waals surface area contributed by atoms with E-state index in [2.05, 4.69) is 42.9 Å². The highest BCUT2D eigenvalue weighted by Crippen LogP contribution is 2.44. The van der Waals surface area contributed by atoms with Crippen molar-refractivity contribution >= 4 is 38.6 Å². The molecule has 266 valence electrons. The number of hydrogen-bond acceptors (Lipinski definition) is 7. The molecule has 3 atom stereocenters. The molecule has 1 fully saturated rings. The number of nitrogen functional groups attached to an aromatic ring is 1. The first kappa shape index (κ1) is 41.3. The van der Waals surface area contributed by atoms with Crippen LogP contribution in [0.4, 0.5) is 23.2 Å². The van der Waals surface area contributed by atoms with Gasteiger partial charge in [-0.1, -0.05) is 32.4 Å². The maximum Gasteiger partial charge on any atom is 0.387 e. The second-order valence-electron chi connectivity index (χ2n) is 10.6. The molecule has 1 saturated carbocycles. The van der Waals surface area contributed by atoms with Gasteiger partial charge in [0.1, 0.15) is 17.2 Å². The number of benzene rings is 2. The molecule has 0 saturated heterocycles. The Bertz CT molecular complexity index is 1620. The number of aliphatic imine (C=N–C) groups is 1. The Morgan fingerprint density at radius 2 is 1.90 bits per heavy atom. The van der Waals surface area contributed by atoms with E-state index in [-0.39, 0.29) is 52.7 Å². The third kappa shape index (κ3) is 10.5. The third-order valence-corrected chi connectivity index (χ3v) is 8.09. The second kappa shape index (κ2) is 19.9. The molecule has 1 aliphatic carbocycles. The summed E-state index contributed by atoms with van der Waals surface area (Å²) in [5, 5.41) is 2.46. The minimum absolute atomic E-state index is 0.00423. The minimum atomic E-state index is -3.13. The van der Waals surface area contributed by atoms with Crippen LogP contribution < -0.4 is 26.3 Å². The standard InChI is InChI=1S/C30H30ClF4N4O3P.C2H6.C2H2.CH5N/c1-14-13-41-28-20(14)10-22(39-27(28)19-4-5-21(32)25(33)24(19)31)15(6-7-43)11-38-29(40)16-8-17(12-37-18-2-3-18)26(36)23(9-16)42-30(34)35;3*1-2/h4-5,8-10,12,14-15,18,30H,2-3,6-7,11,13,36,43H2,1H3,(H,38,40);1-2H3;1-2H;2H2,1H3. The molecule has 1 amide bonds. The van der Waals surface area contributed by atoms with E-state index in [1.807, 2.05) is 26.8 Å². The van der Waals surface area contributed by atoms with E-state index in [4.69, 9.17) is 27.1 Å². The van der Waals surface area contributed by atoms with Gasteiger partial charge in [0.05, 0.1) is 23.4 Å². The first-order chi connectivity index (χ1) is 23.6. The first-order valence-corrected chi connectivity index (χ1v) is 16.9. The van der Waals surface area contributed by atoms with Gasteiger partial charge in [0, 0.05) is 52.5 Å². The number of carbonyl (C=O) groups excluding carboxylic acids is 1. The van der Waals surface area contributed by atoms with Crippen LogP contribution in [0.5, 0.6) is 11.5 Å². The number of hydrogen-bond donors (Lipinski definition) is 3. The predicted octanol–water partition coefficient (Wildman–Crippen LogP) is 7.57. The number of fused-ring (bicyclic) bond motifs is 1. The molecule has 3 unspecified atom stereocenters. The molecule has 2 aliphatic rings. The van der Waals surface area contributed by atoms with Gasteiger partial charge in [-0.05, 0) is 62.8 Å². The van der Waals surface area contributed by atoms with Crippen LogP contribution in [0.1, 0.15) is 79.0 Å². The number of amides is 1. The highest BCUT2D eigenvalue weighted by atomic mass is 35.5. The Balaban J connectivity index is 0.00000132. The monoisotopic (exact) mass is 723 g/mol. The molecule has 0 bridgehead atoms. The molecule has 0 radical (unpaired) electrons. The summed E-state index contributed by atoms with van der Waals surface area (Å²) in [4.78, 5) is 22.4. The summed E-state index contributed by atoms with van der Waals surface area (Å²) in [6, 6.07) is 7.05. The number of carbonyl (C=O) groups is 1. The molecule has 3 aromatic rings. The number of halogens is 5. The van der Waals surface area contributed by atoms with Crippen LogP contribution in [0.2, 0.25) is 5.02 Å². The maximum atomic E-state index is 14.4. The Labute approximate surface area is 292 Å². The lowest BCUT2D eigenvalue weighted by molar-refractivity contribution is -0.0493. The summed E-state index contributed by atoms with van der Waals surface area (Å²) in [5.41, 5.74) is 12.8. The van der Waals surface area contributed by atoms with Gasteiger partial charge in [-0.25, -0.2) is 13.8 Å². The number of nitrogens with one attached hydrogen (secondary N) is 1. The Morgan fingerprint density at radius 1 is 1.22 bits per heavy atom. The lowest BCUT2D eigenvalue weighted by atomic mass is 9.94. The van der Waals surface area contributed by atoms with E-state index in [1.165, 1.54) is 31.5 Å². The van der Waals surface area contributed by atoms with Gasteiger partial charge < -0.3 is 26.3 Å². The van der Waals surface area contributed by atoms with E-state index in [9.17, 15) is 22.4 Å². The summed E-state index contributed by atoms with van der Waals surface area (Å²) in [5.74, 6) is -2.95. The molecule has 14 heteroatoms. The predicted molar refractivity (Wildman–Crippen MR) is 192 cm³/mol. The van der Waals surface area contributed by atoms with Crippen molar-refractivity contribution in [2.45, 2.75) is 64.5 Å². The van der Waals surface area contributed by atoms with E-state index >= 15 is 0 Å². The van der Waals surface area contributed by atoms with Crippen molar-refractivity contribution in [1.29, 1.82) is 0 Å². The Hall–Kier alpha value is -3.91. The molecule has 1 aliphatic heterocycles. The zero-order valence-corrected chi connectivity index (χ0v) is 29.8. The van der Waals surface area contributed by atoms with Gasteiger partial charge in [-0.3, -0.25) is 9.79 Å². The van der Waals surface area contributed by atoms with Crippen molar-refractivity contribution in [3.63, 3.8) is 0 Å². The van der Waals surface area contributed by atoms with Gasteiger partial charge in [0.2, 0.25) is 0 Å². The number of anilines is 1. The number of alkyl halides is 2. The Kier molecular flexibility index (Phi) is 16.8. The molecule has 5 rings (SSSR count). The fraction of sp³-hybridized carbons (Fsp3) is 0.400. The van der Waals surface area contributed by atoms with E-state index in [0.29, 0.717) is 36.2 Å². The average molecular weight is 724 g/mol. The number of pyridine rings is 1. The summed E-state index contributed by atoms with van der Waals surface area (Å²) < 4.78 is 64.9. The summed E-state index contributed by atoms with van der Waals surface area (Å²) in [6.45, 7) is 3.37. The van der Waals surface area contributed by atoms with Crippen LogP contribution in [0, 0.1) is 24.5 Å². The SMILES string of the molecule is C#C.CC.CC1COc2c1cc(C(CCP)CNC(=O)c1cc(C=NC3CC3)c(N)c(OC(F)F)c1)nc2-c1ccc(F)c(F)c1Cl.CN. The number of nitrogens with zero attached hydrogens (tertiary/aromatic N) is 2. The minimum Gasteiger partial charge on any atom is -0.490 e. The van der Waals surface area contributed by atoms with Crippen molar-refractivity contribution in [2.75, 3.05) is 32.1 Å². The van der Waals surface area contributed by atoms with Crippen molar-refractivity contribution in [3.05, 3.63) is 69.4 Å². The number of rotatable bonds is 11. The number of ether oxygens (including phenoxy) is 2. The average Bonchev–Trinajstić information content (AvgIpc) is 3.88. The van der Waals surface area contributed by atoms with Crippen LogP contribution in [0.25, 0.3) is 11.3 Å². The van der Waals surface area contributed by atoms with E-state index < -0.39 is 29.2 Å². The molecule has 49 heavy (non-hydrogen) atoms. The number of nitrogens with two attached hydrogens (primary N) is 2. The summed E-state index contributed by atoms with van der Waals surface area (Å²) in [7, 11) is 4.14. The van der Waals surface area contributed by atoms with Crippen LogP contribution in [-0.2, 0) is 0 Å². The first-order valence-electron chi connectivity index (χ1n) is 15.7. The second-order valence-corrected chi connectivity index (χ2v) is 11.6. The fourth-order valence-corrected chi connectivity index (χ4v) is 5.50. The van der Waals surface area contributed by atoms with Gasteiger partial charge in [0.25, 0.3) is 5.91 Å². The van der Waals surface area contributed by atoms with E-state index in [0.717, 1.165) is 24.5 Å².